The topological polar surface area (TPSA) is 45.2 Å². The lowest BCUT2D eigenvalue weighted by Gasteiger charge is -2.18. The fourth-order valence-corrected chi connectivity index (χ4v) is 2.51. The average Bonchev–Trinajstić information content (AvgIpc) is 2.63. The van der Waals surface area contributed by atoms with Crippen LogP contribution >= 0.6 is 11.6 Å². The van der Waals surface area contributed by atoms with Crippen LogP contribution in [0.5, 0.6) is 0 Å². The number of hydrogen-bond acceptors (Lipinski definition) is 3. The summed E-state index contributed by atoms with van der Waals surface area (Å²) in [5.41, 5.74) is 2.09. The lowest BCUT2D eigenvalue weighted by molar-refractivity contribution is 0.102. The monoisotopic (exact) mass is 337 g/mol. The number of aromatic nitrogens is 1. The van der Waals surface area contributed by atoms with Gasteiger partial charge in [-0.1, -0.05) is 41.9 Å². The van der Waals surface area contributed by atoms with Gasteiger partial charge in [0.15, 0.2) is 0 Å². The molecule has 0 saturated heterocycles. The van der Waals surface area contributed by atoms with E-state index in [1.165, 1.54) is 0 Å². The van der Waals surface area contributed by atoms with Crippen molar-refractivity contribution in [1.29, 1.82) is 0 Å². The zero-order chi connectivity index (χ0) is 16.9. The minimum atomic E-state index is -0.258. The Bertz CT molecular complexity index is 835. The molecule has 3 aromatic rings. The normalized spacial score (nSPS) is 10.2. The number of anilines is 3. The molecule has 0 saturated carbocycles. The highest BCUT2D eigenvalue weighted by Gasteiger charge is 2.10. The minimum absolute atomic E-state index is 0.258. The van der Waals surface area contributed by atoms with Crippen molar-refractivity contribution >= 4 is 34.7 Å². The van der Waals surface area contributed by atoms with Gasteiger partial charge in [0.1, 0.15) is 5.82 Å². The van der Waals surface area contributed by atoms with Crippen LogP contribution in [-0.2, 0) is 0 Å². The summed E-state index contributed by atoms with van der Waals surface area (Å²) in [7, 11) is 1.94. The molecule has 0 spiro atoms. The standard InChI is InChI=1S/C19H16ClN3O/c1-23(15-7-3-2-4-8-15)18-12-11-14(13-21-18)22-19(24)16-9-5-6-10-17(16)20/h2-13H,1H3,(H,22,24). The summed E-state index contributed by atoms with van der Waals surface area (Å²) in [5, 5.41) is 3.22. The van der Waals surface area contributed by atoms with Gasteiger partial charge in [-0.3, -0.25) is 4.79 Å². The maximum atomic E-state index is 12.2. The van der Waals surface area contributed by atoms with Gasteiger partial charge in [0.05, 0.1) is 22.5 Å². The lowest BCUT2D eigenvalue weighted by Crippen LogP contribution is -2.14. The number of nitrogens with one attached hydrogen (secondary N) is 1. The first-order valence-electron chi connectivity index (χ1n) is 7.46. The fraction of sp³-hybridized carbons (Fsp3) is 0.0526. The van der Waals surface area contributed by atoms with Crippen molar-refractivity contribution in [3.63, 3.8) is 0 Å². The Hall–Kier alpha value is -2.85. The minimum Gasteiger partial charge on any atom is -0.329 e. The quantitative estimate of drug-likeness (QED) is 0.746. The Morgan fingerprint density at radius 1 is 1.00 bits per heavy atom. The third-order valence-electron chi connectivity index (χ3n) is 3.61. The zero-order valence-electron chi connectivity index (χ0n) is 13.1. The Kier molecular flexibility index (Phi) is 4.77. The van der Waals surface area contributed by atoms with Crippen LogP contribution in [0.15, 0.2) is 72.9 Å². The molecule has 1 heterocycles. The van der Waals surface area contributed by atoms with Crippen LogP contribution in [0.3, 0.4) is 0 Å². The van der Waals surface area contributed by atoms with Gasteiger partial charge in [-0.25, -0.2) is 4.98 Å². The van der Waals surface area contributed by atoms with Crippen LogP contribution < -0.4 is 10.2 Å². The van der Waals surface area contributed by atoms with E-state index in [9.17, 15) is 4.79 Å². The smallest absolute Gasteiger partial charge is 0.257 e. The molecule has 0 bridgehead atoms. The summed E-state index contributed by atoms with van der Waals surface area (Å²) in [4.78, 5) is 18.6. The second-order valence-corrected chi connectivity index (χ2v) is 5.64. The van der Waals surface area contributed by atoms with Gasteiger partial charge >= 0.3 is 0 Å². The van der Waals surface area contributed by atoms with Crippen molar-refractivity contribution in [3.05, 3.63) is 83.5 Å². The lowest BCUT2D eigenvalue weighted by atomic mass is 10.2. The molecule has 0 unspecified atom stereocenters. The highest BCUT2D eigenvalue weighted by molar-refractivity contribution is 6.34. The Balaban J connectivity index is 1.73. The number of amides is 1. The van der Waals surface area contributed by atoms with Gasteiger partial charge in [0, 0.05) is 12.7 Å². The number of carbonyl (C=O) groups is 1. The number of rotatable bonds is 4. The zero-order valence-corrected chi connectivity index (χ0v) is 13.9. The number of benzene rings is 2. The summed E-state index contributed by atoms with van der Waals surface area (Å²) < 4.78 is 0. The summed E-state index contributed by atoms with van der Waals surface area (Å²) in [5.74, 6) is 0.531. The van der Waals surface area contributed by atoms with Crippen molar-refractivity contribution in [3.8, 4) is 0 Å². The predicted octanol–water partition coefficient (Wildman–Crippen LogP) is 4.76. The predicted molar refractivity (Wildman–Crippen MR) is 98.1 cm³/mol. The maximum Gasteiger partial charge on any atom is 0.257 e. The van der Waals surface area contributed by atoms with Gasteiger partial charge in [0.25, 0.3) is 5.91 Å². The van der Waals surface area contributed by atoms with Crippen LogP contribution in [0.4, 0.5) is 17.2 Å². The van der Waals surface area contributed by atoms with Crippen LogP contribution in [0.1, 0.15) is 10.4 Å². The molecule has 1 N–H and O–H groups in total. The number of hydrogen-bond donors (Lipinski definition) is 1. The van der Waals surface area contributed by atoms with Gasteiger partial charge in [0.2, 0.25) is 0 Å². The van der Waals surface area contributed by atoms with Crippen molar-refractivity contribution < 1.29 is 4.79 Å². The molecule has 0 fully saturated rings. The molecule has 24 heavy (non-hydrogen) atoms. The van der Waals surface area contributed by atoms with Crippen molar-refractivity contribution in [1.82, 2.24) is 4.98 Å². The summed E-state index contributed by atoms with van der Waals surface area (Å²) in [6.45, 7) is 0. The molecule has 4 nitrogen and oxygen atoms in total. The maximum absolute atomic E-state index is 12.2. The molecular formula is C19H16ClN3O. The molecular weight excluding hydrogens is 322 g/mol. The summed E-state index contributed by atoms with van der Waals surface area (Å²) >= 11 is 6.04. The largest absolute Gasteiger partial charge is 0.329 e. The molecule has 120 valence electrons. The first-order chi connectivity index (χ1) is 11.6. The molecule has 1 aromatic heterocycles. The summed E-state index contributed by atoms with van der Waals surface area (Å²) in [6.07, 6.45) is 1.63. The van der Waals surface area contributed by atoms with Gasteiger partial charge < -0.3 is 10.2 Å². The Morgan fingerprint density at radius 3 is 2.38 bits per heavy atom. The molecule has 3 rings (SSSR count). The van der Waals surface area contributed by atoms with Crippen molar-refractivity contribution in [2.45, 2.75) is 0 Å². The van der Waals surface area contributed by atoms with E-state index in [2.05, 4.69) is 10.3 Å². The highest BCUT2D eigenvalue weighted by atomic mass is 35.5. The third-order valence-corrected chi connectivity index (χ3v) is 3.94. The number of nitrogens with zero attached hydrogens (tertiary/aromatic N) is 2. The molecule has 0 radical (unpaired) electrons. The molecule has 1 amide bonds. The first kappa shape index (κ1) is 16.0. The van der Waals surface area contributed by atoms with E-state index in [1.807, 2.05) is 54.4 Å². The van der Waals surface area contributed by atoms with Crippen molar-refractivity contribution in [2.75, 3.05) is 17.3 Å². The van der Waals surface area contributed by atoms with E-state index in [4.69, 9.17) is 11.6 Å². The van der Waals surface area contributed by atoms with E-state index in [1.54, 1.807) is 30.5 Å². The second-order valence-electron chi connectivity index (χ2n) is 5.23. The summed E-state index contributed by atoms with van der Waals surface area (Å²) in [6, 6.07) is 20.5. The van der Waals surface area contributed by atoms with E-state index in [-0.39, 0.29) is 5.91 Å². The van der Waals surface area contributed by atoms with E-state index < -0.39 is 0 Å². The molecule has 2 aromatic carbocycles. The second kappa shape index (κ2) is 7.15. The third kappa shape index (κ3) is 3.55. The number of pyridine rings is 1. The molecule has 0 aliphatic heterocycles. The van der Waals surface area contributed by atoms with Gasteiger partial charge in [-0.2, -0.15) is 0 Å². The van der Waals surface area contributed by atoms with E-state index in [0.29, 0.717) is 16.3 Å². The molecule has 0 atom stereocenters. The van der Waals surface area contributed by atoms with Gasteiger partial charge in [-0.15, -0.1) is 0 Å². The SMILES string of the molecule is CN(c1ccccc1)c1ccc(NC(=O)c2ccccc2Cl)cn1. The average molecular weight is 338 g/mol. The van der Waals surface area contributed by atoms with Crippen LogP contribution in [0.25, 0.3) is 0 Å². The Morgan fingerprint density at radius 2 is 1.71 bits per heavy atom. The van der Waals surface area contributed by atoms with E-state index >= 15 is 0 Å². The first-order valence-corrected chi connectivity index (χ1v) is 7.83. The number of halogens is 1. The Labute approximate surface area is 145 Å². The van der Waals surface area contributed by atoms with E-state index in [0.717, 1.165) is 11.5 Å². The molecule has 0 aliphatic rings. The number of carbonyl (C=O) groups excluding carboxylic acids is 1. The van der Waals surface area contributed by atoms with Crippen LogP contribution in [-0.4, -0.2) is 17.9 Å². The van der Waals surface area contributed by atoms with Crippen LogP contribution in [0.2, 0.25) is 5.02 Å². The van der Waals surface area contributed by atoms with Gasteiger partial charge in [-0.05, 0) is 36.4 Å². The number of para-hydroxylation sites is 1. The van der Waals surface area contributed by atoms with Crippen LogP contribution in [0, 0.1) is 0 Å². The van der Waals surface area contributed by atoms with Crippen molar-refractivity contribution in [2.24, 2.45) is 0 Å². The highest BCUT2D eigenvalue weighted by Crippen LogP contribution is 2.22. The molecule has 0 aliphatic carbocycles. The molecule has 5 heteroatoms. The fourth-order valence-electron chi connectivity index (χ4n) is 2.29.